The molecular weight excluding hydrogens is 359 g/mol. The molecule has 2 bridgehead atoms. The topological polar surface area (TPSA) is 51.2 Å². The van der Waals surface area contributed by atoms with E-state index in [2.05, 4.69) is 43.0 Å². The average Bonchev–Trinajstić information content (AvgIpc) is 3.08. The molecule has 2 unspecified atom stereocenters. The maximum Gasteiger partial charge on any atom is 0.647 e. The van der Waals surface area contributed by atoms with Crippen LogP contribution in [-0.2, 0) is 4.57 Å². The Morgan fingerprint density at radius 1 is 1.16 bits per heavy atom. The van der Waals surface area contributed by atoms with E-state index in [0.29, 0.717) is 17.2 Å². The van der Waals surface area contributed by atoms with Gasteiger partial charge in [0.05, 0.1) is 11.9 Å². The summed E-state index contributed by atoms with van der Waals surface area (Å²) in [6.07, 6.45) is 1.04. The first-order chi connectivity index (χ1) is 12.0. The largest absolute Gasteiger partial charge is 0.647 e. The standard InChI is InChI=1S/C17H17N2O4PS/c1-4-14(18(2)3)19-10-7-5-6-8-12(10)25-13-9-11-16-17(15(13)19)23-24(20,21-11)22-16/h5-9,14H,4H2,1-3H3. The van der Waals surface area contributed by atoms with Crippen molar-refractivity contribution in [3.8, 4) is 17.2 Å². The Kier molecular flexibility index (Phi) is 3.15. The SMILES string of the molecule is CCC(N(C)C)N1c2ccccc2Sc2cc3c4c(c21)OP(=O)(O3)O4. The van der Waals surface area contributed by atoms with Crippen molar-refractivity contribution in [2.45, 2.75) is 29.3 Å². The van der Waals surface area contributed by atoms with Gasteiger partial charge in [-0.3, -0.25) is 4.90 Å². The minimum absolute atomic E-state index is 0.125. The zero-order valence-corrected chi connectivity index (χ0v) is 15.8. The van der Waals surface area contributed by atoms with E-state index in [1.165, 1.54) is 4.90 Å². The Balaban J connectivity index is 1.78. The highest BCUT2D eigenvalue weighted by Gasteiger charge is 2.53. The summed E-state index contributed by atoms with van der Waals surface area (Å²) in [5.74, 6) is 1.50. The highest BCUT2D eigenvalue weighted by molar-refractivity contribution is 7.99. The minimum Gasteiger partial charge on any atom is -0.382 e. The van der Waals surface area contributed by atoms with Gasteiger partial charge in [0.1, 0.15) is 5.69 Å². The predicted molar refractivity (Wildman–Crippen MR) is 96.4 cm³/mol. The Morgan fingerprint density at radius 3 is 2.64 bits per heavy atom. The van der Waals surface area contributed by atoms with Crippen molar-refractivity contribution in [1.82, 2.24) is 4.90 Å². The molecule has 130 valence electrons. The lowest BCUT2D eigenvalue weighted by Crippen LogP contribution is -2.43. The number of nitrogens with zero attached hydrogens (tertiary/aromatic N) is 2. The van der Waals surface area contributed by atoms with Gasteiger partial charge < -0.3 is 18.5 Å². The highest BCUT2D eigenvalue weighted by atomic mass is 32.2. The molecule has 5 rings (SSSR count). The van der Waals surface area contributed by atoms with Crippen LogP contribution in [0.2, 0.25) is 0 Å². The van der Waals surface area contributed by atoms with Crippen molar-refractivity contribution in [3.05, 3.63) is 30.3 Å². The zero-order valence-electron chi connectivity index (χ0n) is 14.1. The third kappa shape index (κ3) is 2.06. The van der Waals surface area contributed by atoms with E-state index < -0.39 is 7.82 Å². The van der Waals surface area contributed by atoms with Crippen LogP contribution in [-0.4, -0.2) is 25.2 Å². The number of para-hydroxylation sites is 1. The second-order valence-electron chi connectivity index (χ2n) is 6.39. The van der Waals surface area contributed by atoms with Gasteiger partial charge in [0.2, 0.25) is 11.5 Å². The van der Waals surface area contributed by atoms with Gasteiger partial charge in [-0.15, -0.1) is 0 Å². The number of benzene rings is 2. The molecule has 3 aliphatic heterocycles. The molecule has 0 radical (unpaired) electrons. The van der Waals surface area contributed by atoms with Gasteiger partial charge in [-0.25, -0.2) is 0 Å². The Hall–Kier alpha value is -1.82. The fourth-order valence-corrected chi connectivity index (χ4v) is 5.98. The van der Waals surface area contributed by atoms with Crippen LogP contribution in [0.3, 0.4) is 0 Å². The molecule has 25 heavy (non-hydrogen) atoms. The molecule has 0 saturated heterocycles. The van der Waals surface area contributed by atoms with Crippen molar-refractivity contribution in [2.75, 3.05) is 19.0 Å². The van der Waals surface area contributed by atoms with Crippen molar-refractivity contribution >= 4 is 31.0 Å². The number of phosphoric acid groups is 1. The second kappa shape index (κ2) is 5.10. The lowest BCUT2D eigenvalue weighted by molar-refractivity contribution is 0.287. The van der Waals surface area contributed by atoms with Crippen LogP contribution in [0, 0.1) is 0 Å². The summed E-state index contributed by atoms with van der Waals surface area (Å²) in [5, 5.41) is 0. The van der Waals surface area contributed by atoms with Crippen LogP contribution in [0.25, 0.3) is 0 Å². The number of hydrogen-bond acceptors (Lipinski definition) is 7. The molecule has 0 N–H and O–H groups in total. The maximum atomic E-state index is 12.4. The Labute approximate surface area is 150 Å². The summed E-state index contributed by atoms with van der Waals surface area (Å²) in [6.45, 7) is 2.15. The Morgan fingerprint density at radius 2 is 1.92 bits per heavy atom. The smallest absolute Gasteiger partial charge is 0.382 e. The van der Waals surface area contributed by atoms with Crippen LogP contribution in [0.15, 0.2) is 40.1 Å². The molecular formula is C17H17N2O4PS. The van der Waals surface area contributed by atoms with Crippen molar-refractivity contribution < 1.29 is 18.1 Å². The third-order valence-electron chi connectivity index (χ3n) is 4.60. The van der Waals surface area contributed by atoms with E-state index in [1.54, 1.807) is 11.8 Å². The third-order valence-corrected chi connectivity index (χ3v) is 6.93. The summed E-state index contributed by atoms with van der Waals surface area (Å²) < 4.78 is 28.8. The van der Waals surface area contributed by atoms with E-state index in [1.807, 2.05) is 18.2 Å². The molecule has 0 aromatic heterocycles. The minimum atomic E-state index is -3.52. The molecule has 0 saturated carbocycles. The number of hydrogen-bond donors (Lipinski definition) is 0. The van der Waals surface area contributed by atoms with Crippen LogP contribution < -0.4 is 18.5 Å². The van der Waals surface area contributed by atoms with Gasteiger partial charge in [0.25, 0.3) is 0 Å². The maximum absolute atomic E-state index is 12.4. The average molecular weight is 376 g/mol. The molecule has 0 amide bonds. The van der Waals surface area contributed by atoms with Crippen LogP contribution in [0.4, 0.5) is 11.4 Å². The van der Waals surface area contributed by atoms with E-state index in [4.69, 9.17) is 13.6 Å². The lowest BCUT2D eigenvalue weighted by Gasteiger charge is -2.41. The molecule has 0 aliphatic carbocycles. The summed E-state index contributed by atoms with van der Waals surface area (Å²) >= 11 is 1.66. The molecule has 2 aromatic rings. The summed E-state index contributed by atoms with van der Waals surface area (Å²) in [6, 6.07) is 10.2. The molecule has 6 nitrogen and oxygen atoms in total. The van der Waals surface area contributed by atoms with Gasteiger partial charge in [-0.05, 0) is 32.6 Å². The number of anilines is 2. The quantitative estimate of drug-likeness (QED) is 0.709. The van der Waals surface area contributed by atoms with E-state index in [9.17, 15) is 4.57 Å². The van der Waals surface area contributed by atoms with Gasteiger partial charge in [-0.1, -0.05) is 30.8 Å². The summed E-state index contributed by atoms with van der Waals surface area (Å²) in [7, 11) is 0.602. The first-order valence-electron chi connectivity index (χ1n) is 8.13. The molecule has 3 aliphatic rings. The monoisotopic (exact) mass is 376 g/mol. The molecule has 0 fully saturated rings. The van der Waals surface area contributed by atoms with Gasteiger partial charge in [0, 0.05) is 15.9 Å². The molecule has 0 spiro atoms. The van der Waals surface area contributed by atoms with Crippen molar-refractivity contribution in [1.29, 1.82) is 0 Å². The normalized spacial score (nSPS) is 22.8. The molecule has 3 heterocycles. The lowest BCUT2D eigenvalue weighted by atomic mass is 10.1. The van der Waals surface area contributed by atoms with E-state index in [-0.39, 0.29) is 6.17 Å². The second-order valence-corrected chi connectivity index (χ2v) is 8.92. The van der Waals surface area contributed by atoms with Crippen LogP contribution >= 0.6 is 19.6 Å². The number of fused-ring (bicyclic) bond motifs is 4. The number of rotatable bonds is 3. The Bertz CT molecular complexity index is 948. The summed E-state index contributed by atoms with van der Waals surface area (Å²) in [5.41, 5.74) is 2.02. The fourth-order valence-electron chi connectivity index (χ4n) is 3.60. The van der Waals surface area contributed by atoms with Gasteiger partial charge >= 0.3 is 7.82 Å². The highest BCUT2D eigenvalue weighted by Crippen LogP contribution is 2.73. The molecule has 2 atom stereocenters. The predicted octanol–water partition coefficient (Wildman–Crippen LogP) is 4.86. The fraction of sp³-hybridized carbons (Fsp3) is 0.294. The van der Waals surface area contributed by atoms with Gasteiger partial charge in [0.15, 0.2) is 5.75 Å². The first kappa shape index (κ1) is 15.4. The van der Waals surface area contributed by atoms with Crippen LogP contribution in [0.5, 0.6) is 17.2 Å². The molecule has 2 aromatic carbocycles. The van der Waals surface area contributed by atoms with Crippen molar-refractivity contribution in [3.63, 3.8) is 0 Å². The first-order valence-corrected chi connectivity index (χ1v) is 10.4. The van der Waals surface area contributed by atoms with E-state index >= 15 is 0 Å². The molecule has 8 heteroatoms. The zero-order chi connectivity index (χ0) is 17.3. The summed E-state index contributed by atoms with van der Waals surface area (Å²) in [4.78, 5) is 6.62. The van der Waals surface area contributed by atoms with Gasteiger partial charge in [-0.2, -0.15) is 4.57 Å². The van der Waals surface area contributed by atoms with Crippen molar-refractivity contribution in [2.24, 2.45) is 0 Å². The van der Waals surface area contributed by atoms with E-state index in [0.717, 1.165) is 22.7 Å². The number of phosphoric ester groups is 1. The van der Waals surface area contributed by atoms with Crippen LogP contribution in [0.1, 0.15) is 13.3 Å².